The average Bonchev–Trinajstić information content (AvgIpc) is 3.56. The van der Waals surface area contributed by atoms with Crippen LogP contribution in [0.3, 0.4) is 0 Å². The van der Waals surface area contributed by atoms with E-state index in [0.29, 0.717) is 23.6 Å². The van der Waals surface area contributed by atoms with E-state index in [0.717, 1.165) is 23.3 Å². The first-order valence-corrected chi connectivity index (χ1v) is 10.2. The Morgan fingerprint density at radius 3 is 2.13 bits per heavy atom. The van der Waals surface area contributed by atoms with Crippen molar-refractivity contribution in [1.29, 1.82) is 0 Å². The number of halogens is 1. The second-order valence-corrected chi connectivity index (χ2v) is 8.14. The summed E-state index contributed by atoms with van der Waals surface area (Å²) in [5, 5.41) is 0. The van der Waals surface area contributed by atoms with Gasteiger partial charge in [0.15, 0.2) is 0 Å². The average molecular weight is 404 g/mol. The second-order valence-electron chi connectivity index (χ2n) is 8.14. The standard InChI is InChI=1S/C24H21FN2O3/c25-17-12-10-16(11-13-17)20-6-3-7-21(24(30)26(20)14-15-8-9-15)27-22(28)18-4-1-2-5-19(18)23(27)29/h1-6,10-13,15,20-21H,7-9,14H2/t20-,21-/m0/s1. The fourth-order valence-corrected chi connectivity index (χ4v) is 4.31. The molecule has 2 heterocycles. The third-order valence-electron chi connectivity index (χ3n) is 6.08. The van der Waals surface area contributed by atoms with Gasteiger partial charge < -0.3 is 4.90 Å². The molecule has 30 heavy (non-hydrogen) atoms. The third kappa shape index (κ3) is 3.12. The van der Waals surface area contributed by atoms with Gasteiger partial charge in [0.2, 0.25) is 5.91 Å². The molecule has 3 aliphatic rings. The highest BCUT2D eigenvalue weighted by Gasteiger charge is 2.45. The molecular formula is C24H21FN2O3. The molecule has 2 aliphatic heterocycles. The summed E-state index contributed by atoms with van der Waals surface area (Å²) in [4.78, 5) is 42.4. The number of rotatable bonds is 4. The maximum absolute atomic E-state index is 13.7. The summed E-state index contributed by atoms with van der Waals surface area (Å²) < 4.78 is 13.4. The lowest BCUT2D eigenvalue weighted by atomic mass is 10.0. The van der Waals surface area contributed by atoms with E-state index in [1.165, 1.54) is 12.1 Å². The van der Waals surface area contributed by atoms with Gasteiger partial charge in [0, 0.05) is 6.54 Å². The molecule has 6 heteroatoms. The van der Waals surface area contributed by atoms with E-state index in [1.807, 2.05) is 12.2 Å². The quantitative estimate of drug-likeness (QED) is 0.576. The van der Waals surface area contributed by atoms with Crippen LogP contribution in [0.25, 0.3) is 0 Å². The number of carbonyl (C=O) groups excluding carboxylic acids is 3. The Labute approximate surface area is 173 Å². The summed E-state index contributed by atoms with van der Waals surface area (Å²) >= 11 is 0. The zero-order valence-corrected chi connectivity index (χ0v) is 16.3. The van der Waals surface area contributed by atoms with Crippen molar-refractivity contribution in [3.63, 3.8) is 0 Å². The second kappa shape index (κ2) is 7.20. The van der Waals surface area contributed by atoms with E-state index >= 15 is 0 Å². The summed E-state index contributed by atoms with van der Waals surface area (Å²) in [6, 6.07) is 11.6. The maximum Gasteiger partial charge on any atom is 0.262 e. The van der Waals surface area contributed by atoms with Gasteiger partial charge in [0.05, 0.1) is 17.2 Å². The van der Waals surface area contributed by atoms with Gasteiger partial charge in [-0.1, -0.05) is 36.4 Å². The fraction of sp³-hybridized carbons (Fsp3) is 0.292. The zero-order valence-electron chi connectivity index (χ0n) is 16.3. The number of imide groups is 1. The molecule has 5 nitrogen and oxygen atoms in total. The number of nitrogens with zero attached hydrogens (tertiary/aromatic N) is 2. The molecule has 0 saturated heterocycles. The normalized spacial score (nSPS) is 23.7. The van der Waals surface area contributed by atoms with Gasteiger partial charge in [-0.05, 0) is 55.0 Å². The van der Waals surface area contributed by atoms with Crippen molar-refractivity contribution in [2.24, 2.45) is 5.92 Å². The van der Waals surface area contributed by atoms with Crippen molar-refractivity contribution in [3.8, 4) is 0 Å². The number of fused-ring (bicyclic) bond motifs is 1. The van der Waals surface area contributed by atoms with Crippen molar-refractivity contribution >= 4 is 17.7 Å². The summed E-state index contributed by atoms with van der Waals surface area (Å²) in [6.07, 6.45) is 6.16. The van der Waals surface area contributed by atoms with E-state index in [4.69, 9.17) is 0 Å². The van der Waals surface area contributed by atoms with E-state index in [-0.39, 0.29) is 24.2 Å². The highest BCUT2D eigenvalue weighted by atomic mass is 19.1. The van der Waals surface area contributed by atoms with Crippen LogP contribution < -0.4 is 0 Å². The molecule has 0 aromatic heterocycles. The van der Waals surface area contributed by atoms with Crippen LogP contribution in [0.2, 0.25) is 0 Å². The highest BCUT2D eigenvalue weighted by Crippen LogP contribution is 2.36. The minimum absolute atomic E-state index is 0.240. The molecule has 1 saturated carbocycles. The molecule has 0 unspecified atom stereocenters. The number of carbonyl (C=O) groups is 3. The minimum atomic E-state index is -0.877. The summed E-state index contributed by atoms with van der Waals surface area (Å²) in [7, 11) is 0. The van der Waals surface area contributed by atoms with Crippen molar-refractivity contribution < 1.29 is 18.8 Å². The topological polar surface area (TPSA) is 57.7 Å². The SMILES string of the molecule is O=C1[C@@H](N2C(=O)c3ccccc3C2=O)CC=C[C@@H](c2ccc(F)cc2)N1CC1CC1. The predicted molar refractivity (Wildman–Crippen MR) is 108 cm³/mol. The molecule has 0 radical (unpaired) electrons. The van der Waals surface area contributed by atoms with Gasteiger partial charge in [0.25, 0.3) is 11.8 Å². The lowest BCUT2D eigenvalue weighted by molar-refractivity contribution is -0.137. The first-order chi connectivity index (χ1) is 14.5. The Morgan fingerprint density at radius 2 is 1.53 bits per heavy atom. The van der Waals surface area contributed by atoms with Crippen molar-refractivity contribution in [2.75, 3.05) is 6.54 Å². The van der Waals surface area contributed by atoms with Crippen molar-refractivity contribution in [2.45, 2.75) is 31.3 Å². The summed E-state index contributed by atoms with van der Waals surface area (Å²) in [6.45, 7) is 0.560. The lowest BCUT2D eigenvalue weighted by Gasteiger charge is -2.33. The Morgan fingerprint density at radius 1 is 0.900 bits per heavy atom. The molecule has 1 fully saturated rings. The maximum atomic E-state index is 13.7. The number of hydrogen-bond acceptors (Lipinski definition) is 3. The van der Waals surface area contributed by atoms with Crippen molar-refractivity contribution in [1.82, 2.24) is 9.80 Å². The number of amides is 3. The van der Waals surface area contributed by atoms with Crippen LogP contribution in [-0.2, 0) is 4.79 Å². The van der Waals surface area contributed by atoms with Crippen LogP contribution in [0.5, 0.6) is 0 Å². The van der Waals surface area contributed by atoms with Crippen molar-refractivity contribution in [3.05, 3.63) is 83.2 Å². The highest BCUT2D eigenvalue weighted by molar-refractivity contribution is 6.22. The monoisotopic (exact) mass is 404 g/mol. The fourth-order valence-electron chi connectivity index (χ4n) is 4.31. The molecule has 5 rings (SSSR count). The number of hydrogen-bond donors (Lipinski definition) is 0. The summed E-state index contributed by atoms with van der Waals surface area (Å²) in [5.74, 6) is -0.995. The van der Waals surface area contributed by atoms with E-state index < -0.39 is 17.9 Å². The Balaban J connectivity index is 1.49. The van der Waals surface area contributed by atoms with Gasteiger partial charge in [-0.25, -0.2) is 4.39 Å². The molecule has 1 aliphatic carbocycles. The predicted octanol–water partition coefficient (Wildman–Crippen LogP) is 3.73. The summed E-state index contributed by atoms with van der Waals surface area (Å²) in [5.41, 5.74) is 1.49. The Bertz CT molecular complexity index is 1020. The van der Waals surface area contributed by atoms with Gasteiger partial charge in [-0.2, -0.15) is 0 Å². The van der Waals surface area contributed by atoms with Gasteiger partial charge in [0.1, 0.15) is 11.9 Å². The molecule has 0 spiro atoms. The number of benzene rings is 2. The molecule has 0 N–H and O–H groups in total. The van der Waals surface area contributed by atoms with E-state index in [1.54, 1.807) is 41.3 Å². The molecule has 2 aromatic rings. The lowest BCUT2D eigenvalue weighted by Crippen LogP contribution is -2.51. The van der Waals surface area contributed by atoms with Gasteiger partial charge >= 0.3 is 0 Å². The van der Waals surface area contributed by atoms with Crippen LogP contribution >= 0.6 is 0 Å². The minimum Gasteiger partial charge on any atom is -0.330 e. The van der Waals surface area contributed by atoms with Crippen LogP contribution in [0.4, 0.5) is 4.39 Å². The van der Waals surface area contributed by atoms with Crippen LogP contribution in [0.1, 0.15) is 51.6 Å². The third-order valence-corrected chi connectivity index (χ3v) is 6.08. The van der Waals surface area contributed by atoms with Gasteiger partial charge in [-0.15, -0.1) is 0 Å². The van der Waals surface area contributed by atoms with Crippen LogP contribution in [-0.4, -0.2) is 40.1 Å². The molecule has 0 bridgehead atoms. The molecule has 2 atom stereocenters. The van der Waals surface area contributed by atoms with Gasteiger partial charge in [-0.3, -0.25) is 19.3 Å². The molecular weight excluding hydrogens is 383 g/mol. The molecule has 152 valence electrons. The smallest absolute Gasteiger partial charge is 0.262 e. The largest absolute Gasteiger partial charge is 0.330 e. The molecule has 2 aromatic carbocycles. The Hall–Kier alpha value is -3.28. The van der Waals surface area contributed by atoms with E-state index in [2.05, 4.69) is 0 Å². The van der Waals surface area contributed by atoms with Crippen LogP contribution in [0.15, 0.2) is 60.7 Å². The molecule has 3 amide bonds. The first kappa shape index (κ1) is 18.7. The zero-order chi connectivity index (χ0) is 20.8. The van der Waals surface area contributed by atoms with Crippen LogP contribution in [0, 0.1) is 11.7 Å². The Kier molecular flexibility index (Phi) is 4.50. The first-order valence-electron chi connectivity index (χ1n) is 10.2. The van der Waals surface area contributed by atoms with E-state index in [9.17, 15) is 18.8 Å².